The normalized spacial score (nSPS) is 16.4. The Bertz CT molecular complexity index is 763. The zero-order valence-electron chi connectivity index (χ0n) is 16.9. The number of ether oxygens (including phenoxy) is 3. The third-order valence-corrected chi connectivity index (χ3v) is 6.07. The fraction of sp³-hybridized carbons (Fsp3) is 0.476. The highest BCUT2D eigenvalue weighted by Crippen LogP contribution is 2.38. The maximum Gasteiger partial charge on any atom is 0.251 e. The highest BCUT2D eigenvalue weighted by atomic mass is 32.1. The summed E-state index contributed by atoms with van der Waals surface area (Å²) in [5.41, 5.74) is 0.479. The minimum Gasteiger partial charge on any atom is -0.493 e. The summed E-state index contributed by atoms with van der Waals surface area (Å²) in [6.07, 6.45) is 2.41. The molecule has 0 saturated carbocycles. The van der Waals surface area contributed by atoms with E-state index in [0.29, 0.717) is 22.8 Å². The molecule has 1 fully saturated rings. The Morgan fingerprint density at radius 2 is 1.75 bits per heavy atom. The van der Waals surface area contributed by atoms with Crippen LogP contribution >= 0.6 is 11.3 Å². The summed E-state index contributed by atoms with van der Waals surface area (Å²) in [6.45, 7) is 4.19. The van der Waals surface area contributed by atoms with Crippen molar-refractivity contribution in [2.45, 2.75) is 31.8 Å². The van der Waals surface area contributed by atoms with Gasteiger partial charge in [-0.1, -0.05) is 6.07 Å². The Balaban J connectivity index is 1.82. The third-order valence-electron chi connectivity index (χ3n) is 5.13. The number of nitrogens with one attached hydrogen (secondary N) is 1. The van der Waals surface area contributed by atoms with Crippen molar-refractivity contribution >= 4 is 17.2 Å². The van der Waals surface area contributed by atoms with E-state index >= 15 is 0 Å². The van der Waals surface area contributed by atoms with E-state index in [1.54, 1.807) is 44.8 Å². The SMILES string of the molecule is COc1cc(C(=O)NC(C)C(c2cccs2)N2CCCC2)cc(OC)c1OC. The number of carbonyl (C=O) groups excluding carboxylic acids is 1. The third kappa shape index (κ3) is 4.25. The van der Waals surface area contributed by atoms with E-state index in [2.05, 4.69) is 34.7 Å². The van der Waals surface area contributed by atoms with Crippen LogP contribution in [0.25, 0.3) is 0 Å². The molecular weight excluding hydrogens is 376 g/mol. The minimum atomic E-state index is -0.160. The monoisotopic (exact) mass is 404 g/mol. The second-order valence-corrected chi connectivity index (χ2v) is 7.86. The van der Waals surface area contributed by atoms with Gasteiger partial charge in [0, 0.05) is 16.5 Å². The standard InChI is InChI=1S/C21H28N2O4S/c1-14(19(18-8-7-11-28-18)23-9-5-6-10-23)22-21(24)15-12-16(25-2)20(27-4)17(13-15)26-3/h7-8,11-14,19H,5-6,9-10H2,1-4H3,(H,22,24). The molecule has 1 saturated heterocycles. The lowest BCUT2D eigenvalue weighted by Gasteiger charge is -2.32. The molecule has 1 aliphatic rings. The van der Waals surface area contributed by atoms with Gasteiger partial charge in [0.2, 0.25) is 5.75 Å². The fourth-order valence-corrected chi connectivity index (χ4v) is 4.77. The Labute approximate surface area is 170 Å². The fourth-order valence-electron chi connectivity index (χ4n) is 3.80. The second-order valence-electron chi connectivity index (χ2n) is 6.88. The average Bonchev–Trinajstić information content (AvgIpc) is 3.41. The lowest BCUT2D eigenvalue weighted by atomic mass is 10.1. The van der Waals surface area contributed by atoms with Gasteiger partial charge in [-0.15, -0.1) is 11.3 Å². The van der Waals surface area contributed by atoms with Crippen molar-refractivity contribution in [2.24, 2.45) is 0 Å². The van der Waals surface area contributed by atoms with Crippen LogP contribution in [0.15, 0.2) is 29.6 Å². The molecule has 1 amide bonds. The molecule has 1 N–H and O–H groups in total. The first-order valence-corrected chi connectivity index (χ1v) is 10.3. The Hall–Kier alpha value is -2.25. The van der Waals surface area contributed by atoms with Gasteiger partial charge >= 0.3 is 0 Å². The topological polar surface area (TPSA) is 60.0 Å². The summed E-state index contributed by atoms with van der Waals surface area (Å²) in [4.78, 5) is 16.7. The highest BCUT2D eigenvalue weighted by molar-refractivity contribution is 7.10. The quantitative estimate of drug-likeness (QED) is 0.726. The number of amides is 1. The summed E-state index contributed by atoms with van der Waals surface area (Å²) < 4.78 is 16.1. The van der Waals surface area contributed by atoms with Gasteiger partial charge in [0.1, 0.15) is 0 Å². The van der Waals surface area contributed by atoms with Gasteiger partial charge in [-0.2, -0.15) is 0 Å². The van der Waals surface area contributed by atoms with Crippen molar-refractivity contribution in [2.75, 3.05) is 34.4 Å². The van der Waals surface area contributed by atoms with Crippen LogP contribution in [0.2, 0.25) is 0 Å². The molecule has 2 atom stereocenters. The van der Waals surface area contributed by atoms with Crippen molar-refractivity contribution in [1.29, 1.82) is 0 Å². The van der Waals surface area contributed by atoms with Gasteiger partial charge in [0.25, 0.3) is 5.91 Å². The molecule has 1 aromatic carbocycles. The number of thiophene rings is 1. The number of rotatable bonds is 8. The largest absolute Gasteiger partial charge is 0.493 e. The molecule has 2 unspecified atom stereocenters. The number of benzene rings is 1. The van der Waals surface area contributed by atoms with Crippen LogP contribution in [0.5, 0.6) is 17.2 Å². The maximum atomic E-state index is 13.0. The summed E-state index contributed by atoms with van der Waals surface area (Å²) in [7, 11) is 4.63. The predicted octanol–water partition coefficient (Wildman–Crippen LogP) is 3.73. The summed E-state index contributed by atoms with van der Waals surface area (Å²) in [6, 6.07) is 7.71. The number of methoxy groups -OCH3 is 3. The van der Waals surface area contributed by atoms with Gasteiger partial charge in [0.05, 0.1) is 27.4 Å². The van der Waals surface area contributed by atoms with E-state index in [0.717, 1.165) is 13.1 Å². The van der Waals surface area contributed by atoms with Crippen molar-refractivity contribution < 1.29 is 19.0 Å². The summed E-state index contributed by atoms with van der Waals surface area (Å²) in [5, 5.41) is 5.27. The zero-order chi connectivity index (χ0) is 20.1. The average molecular weight is 405 g/mol. The Kier molecular flexibility index (Phi) is 6.80. The van der Waals surface area contributed by atoms with Crippen molar-refractivity contribution in [1.82, 2.24) is 10.2 Å². The van der Waals surface area contributed by atoms with Crippen LogP contribution in [-0.2, 0) is 0 Å². The summed E-state index contributed by atoms with van der Waals surface area (Å²) >= 11 is 1.74. The molecule has 152 valence electrons. The van der Waals surface area contributed by atoms with Crippen LogP contribution < -0.4 is 19.5 Å². The molecule has 0 bridgehead atoms. The van der Waals surface area contributed by atoms with Crippen LogP contribution in [0, 0.1) is 0 Å². The van der Waals surface area contributed by atoms with Gasteiger partial charge in [-0.25, -0.2) is 0 Å². The Morgan fingerprint density at radius 1 is 1.11 bits per heavy atom. The maximum absolute atomic E-state index is 13.0. The molecule has 7 heteroatoms. The van der Waals surface area contributed by atoms with Gasteiger partial charge in [0.15, 0.2) is 11.5 Å². The van der Waals surface area contributed by atoms with Crippen LogP contribution in [0.1, 0.15) is 41.0 Å². The first-order chi connectivity index (χ1) is 13.6. The van der Waals surface area contributed by atoms with E-state index in [1.807, 2.05) is 0 Å². The number of likely N-dealkylation sites (tertiary alicyclic amines) is 1. The molecule has 3 rings (SSSR count). The van der Waals surface area contributed by atoms with Gasteiger partial charge in [-0.05, 0) is 56.4 Å². The molecule has 0 radical (unpaired) electrons. The highest BCUT2D eigenvalue weighted by Gasteiger charge is 2.30. The van der Waals surface area contributed by atoms with Crippen molar-refractivity contribution in [3.05, 3.63) is 40.1 Å². The van der Waals surface area contributed by atoms with E-state index in [9.17, 15) is 4.79 Å². The summed E-state index contributed by atoms with van der Waals surface area (Å²) in [5.74, 6) is 1.25. The number of nitrogens with zero attached hydrogens (tertiary/aromatic N) is 1. The first kappa shape index (κ1) is 20.5. The van der Waals surface area contributed by atoms with Crippen molar-refractivity contribution in [3.63, 3.8) is 0 Å². The molecule has 0 spiro atoms. The van der Waals surface area contributed by atoms with Gasteiger partial charge < -0.3 is 19.5 Å². The molecular formula is C21H28N2O4S. The molecule has 1 aliphatic heterocycles. The van der Waals surface area contributed by atoms with Gasteiger partial charge in [-0.3, -0.25) is 9.69 Å². The number of hydrogen-bond donors (Lipinski definition) is 1. The molecule has 6 nitrogen and oxygen atoms in total. The van der Waals surface area contributed by atoms with Crippen LogP contribution in [0.3, 0.4) is 0 Å². The molecule has 28 heavy (non-hydrogen) atoms. The van der Waals surface area contributed by atoms with E-state index in [-0.39, 0.29) is 18.0 Å². The molecule has 1 aromatic heterocycles. The Morgan fingerprint density at radius 3 is 2.25 bits per heavy atom. The lowest BCUT2D eigenvalue weighted by molar-refractivity contribution is 0.0907. The number of hydrogen-bond acceptors (Lipinski definition) is 6. The van der Waals surface area contributed by atoms with Crippen LogP contribution in [0.4, 0.5) is 0 Å². The second kappa shape index (κ2) is 9.30. The van der Waals surface area contributed by atoms with Crippen molar-refractivity contribution in [3.8, 4) is 17.2 Å². The number of carbonyl (C=O) groups is 1. The molecule has 0 aliphatic carbocycles. The predicted molar refractivity (Wildman–Crippen MR) is 111 cm³/mol. The van der Waals surface area contributed by atoms with Crippen LogP contribution in [-0.4, -0.2) is 51.3 Å². The van der Waals surface area contributed by atoms with E-state index in [1.165, 1.54) is 17.7 Å². The van der Waals surface area contributed by atoms with E-state index < -0.39 is 0 Å². The lowest BCUT2D eigenvalue weighted by Crippen LogP contribution is -2.43. The molecule has 2 aromatic rings. The smallest absolute Gasteiger partial charge is 0.251 e. The zero-order valence-corrected chi connectivity index (χ0v) is 17.7. The minimum absolute atomic E-state index is 0.0386. The van der Waals surface area contributed by atoms with E-state index in [4.69, 9.17) is 14.2 Å². The first-order valence-electron chi connectivity index (χ1n) is 9.47. The molecule has 2 heterocycles.